The molecule has 0 N–H and O–H groups in total. The van der Waals surface area contributed by atoms with Gasteiger partial charge in [-0.25, -0.2) is 0 Å². The topological polar surface area (TPSA) is 23.8 Å². The quantitative estimate of drug-likeness (QED) is 0.510. The lowest BCUT2D eigenvalue weighted by atomic mass is 9.79. The SMILES string of the molecule is CCCCCCCCc1ccc(C2CCC(C#N)CC2)cc1. The highest BCUT2D eigenvalue weighted by Crippen LogP contribution is 2.35. The number of nitrogens with zero attached hydrogens (tertiary/aromatic N) is 1. The Morgan fingerprint density at radius 1 is 0.909 bits per heavy atom. The van der Waals surface area contributed by atoms with Gasteiger partial charge >= 0.3 is 0 Å². The fourth-order valence-electron chi connectivity index (χ4n) is 3.62. The highest BCUT2D eigenvalue weighted by atomic mass is 14.3. The molecule has 22 heavy (non-hydrogen) atoms. The van der Waals surface area contributed by atoms with Crippen molar-refractivity contribution in [1.82, 2.24) is 0 Å². The van der Waals surface area contributed by atoms with Crippen molar-refractivity contribution in [2.24, 2.45) is 5.92 Å². The summed E-state index contributed by atoms with van der Waals surface area (Å²) in [6, 6.07) is 11.8. The summed E-state index contributed by atoms with van der Waals surface area (Å²) in [6.45, 7) is 2.27. The van der Waals surface area contributed by atoms with Crippen LogP contribution >= 0.6 is 0 Å². The summed E-state index contributed by atoms with van der Waals surface area (Å²) in [5.41, 5.74) is 2.98. The van der Waals surface area contributed by atoms with Crippen molar-refractivity contribution in [3.63, 3.8) is 0 Å². The molecule has 0 saturated heterocycles. The van der Waals surface area contributed by atoms with Gasteiger partial charge in [-0.05, 0) is 55.6 Å². The van der Waals surface area contributed by atoms with Gasteiger partial charge in [0.25, 0.3) is 0 Å². The van der Waals surface area contributed by atoms with E-state index in [9.17, 15) is 0 Å². The Hall–Kier alpha value is -1.29. The molecular weight excluding hydrogens is 266 g/mol. The average molecular weight is 297 g/mol. The molecule has 1 aromatic rings. The zero-order valence-corrected chi connectivity index (χ0v) is 14.2. The molecule has 0 radical (unpaired) electrons. The Morgan fingerprint density at radius 3 is 2.18 bits per heavy atom. The molecular formula is C21H31N. The van der Waals surface area contributed by atoms with E-state index in [1.807, 2.05) is 0 Å². The second-order valence-corrected chi connectivity index (χ2v) is 6.94. The molecule has 1 saturated carbocycles. The molecule has 0 unspecified atom stereocenters. The Labute approximate surface area is 136 Å². The highest BCUT2D eigenvalue weighted by molar-refractivity contribution is 5.26. The molecule has 1 aliphatic rings. The molecule has 1 fully saturated rings. The summed E-state index contributed by atoms with van der Waals surface area (Å²) in [5, 5.41) is 8.98. The van der Waals surface area contributed by atoms with E-state index in [4.69, 9.17) is 5.26 Å². The molecule has 0 atom stereocenters. The number of unbranched alkanes of at least 4 members (excludes halogenated alkanes) is 5. The van der Waals surface area contributed by atoms with E-state index in [0.717, 1.165) is 12.8 Å². The molecule has 0 amide bonds. The van der Waals surface area contributed by atoms with Crippen molar-refractivity contribution in [2.45, 2.75) is 83.5 Å². The van der Waals surface area contributed by atoms with Gasteiger partial charge in [0.15, 0.2) is 0 Å². The van der Waals surface area contributed by atoms with Gasteiger partial charge in [0.05, 0.1) is 6.07 Å². The third-order valence-corrected chi connectivity index (χ3v) is 5.18. The van der Waals surface area contributed by atoms with Crippen LogP contribution < -0.4 is 0 Å². The molecule has 0 aliphatic heterocycles. The lowest BCUT2D eigenvalue weighted by molar-refractivity contribution is 0.382. The fraction of sp³-hybridized carbons (Fsp3) is 0.667. The highest BCUT2D eigenvalue weighted by Gasteiger charge is 2.21. The first kappa shape index (κ1) is 17.1. The Kier molecular flexibility index (Phi) is 7.50. The third kappa shape index (κ3) is 5.48. The minimum absolute atomic E-state index is 0.309. The van der Waals surface area contributed by atoms with E-state index >= 15 is 0 Å². The maximum Gasteiger partial charge on any atom is 0.0655 e. The molecule has 0 spiro atoms. The van der Waals surface area contributed by atoms with Crippen LogP contribution in [0.15, 0.2) is 24.3 Å². The molecule has 1 aromatic carbocycles. The summed E-state index contributed by atoms with van der Waals surface area (Å²) in [6.07, 6.45) is 14.0. The van der Waals surface area contributed by atoms with E-state index in [2.05, 4.69) is 37.3 Å². The van der Waals surface area contributed by atoms with Gasteiger partial charge in [0.1, 0.15) is 0 Å². The molecule has 0 aromatic heterocycles. The van der Waals surface area contributed by atoms with Gasteiger partial charge in [-0.3, -0.25) is 0 Å². The summed E-state index contributed by atoms with van der Waals surface area (Å²) < 4.78 is 0. The molecule has 120 valence electrons. The summed E-state index contributed by atoms with van der Waals surface area (Å²) in [7, 11) is 0. The minimum Gasteiger partial charge on any atom is -0.198 e. The standard InChI is InChI=1S/C21H31N/c1-2-3-4-5-6-7-8-18-9-13-20(14-10-18)21-15-11-19(17-22)12-16-21/h9-10,13-14,19,21H,2-8,11-12,15-16H2,1H3. The smallest absolute Gasteiger partial charge is 0.0655 e. The molecule has 2 rings (SSSR count). The molecule has 1 nitrogen and oxygen atoms in total. The third-order valence-electron chi connectivity index (χ3n) is 5.18. The van der Waals surface area contributed by atoms with Crippen LogP contribution in [-0.2, 0) is 6.42 Å². The first-order chi connectivity index (χ1) is 10.8. The first-order valence-electron chi connectivity index (χ1n) is 9.32. The number of aryl methyl sites for hydroxylation is 1. The van der Waals surface area contributed by atoms with Gasteiger partial charge < -0.3 is 0 Å². The second kappa shape index (κ2) is 9.67. The fourth-order valence-corrected chi connectivity index (χ4v) is 3.62. The van der Waals surface area contributed by atoms with Crippen LogP contribution in [0.4, 0.5) is 0 Å². The summed E-state index contributed by atoms with van der Waals surface area (Å²) in [4.78, 5) is 0. The molecule has 0 heterocycles. The second-order valence-electron chi connectivity index (χ2n) is 6.94. The molecule has 1 heteroatoms. The van der Waals surface area contributed by atoms with Crippen molar-refractivity contribution in [3.8, 4) is 6.07 Å². The van der Waals surface area contributed by atoms with Crippen molar-refractivity contribution in [1.29, 1.82) is 5.26 Å². The number of hydrogen-bond donors (Lipinski definition) is 0. The largest absolute Gasteiger partial charge is 0.198 e. The Bertz CT molecular complexity index is 446. The lowest BCUT2D eigenvalue weighted by Crippen LogP contribution is -2.11. The van der Waals surface area contributed by atoms with E-state index in [0.29, 0.717) is 11.8 Å². The van der Waals surface area contributed by atoms with Gasteiger partial charge in [0.2, 0.25) is 0 Å². The number of benzene rings is 1. The van der Waals surface area contributed by atoms with Crippen LogP contribution in [0, 0.1) is 17.2 Å². The van der Waals surface area contributed by atoms with Gasteiger partial charge in [-0.2, -0.15) is 5.26 Å². The van der Waals surface area contributed by atoms with Crippen molar-refractivity contribution in [3.05, 3.63) is 35.4 Å². The van der Waals surface area contributed by atoms with Crippen LogP contribution in [-0.4, -0.2) is 0 Å². The van der Waals surface area contributed by atoms with E-state index in [1.165, 1.54) is 68.9 Å². The number of hydrogen-bond acceptors (Lipinski definition) is 1. The van der Waals surface area contributed by atoms with Crippen molar-refractivity contribution >= 4 is 0 Å². The zero-order valence-electron chi connectivity index (χ0n) is 14.2. The van der Waals surface area contributed by atoms with E-state index < -0.39 is 0 Å². The monoisotopic (exact) mass is 297 g/mol. The predicted octanol–water partition coefficient (Wildman–Crippen LogP) is 6.39. The zero-order chi connectivity index (χ0) is 15.6. The number of rotatable bonds is 8. The first-order valence-corrected chi connectivity index (χ1v) is 9.32. The normalized spacial score (nSPS) is 21.5. The van der Waals surface area contributed by atoms with Gasteiger partial charge in [0, 0.05) is 5.92 Å². The van der Waals surface area contributed by atoms with Crippen molar-refractivity contribution < 1.29 is 0 Å². The molecule has 1 aliphatic carbocycles. The van der Waals surface area contributed by atoms with E-state index in [1.54, 1.807) is 0 Å². The van der Waals surface area contributed by atoms with Crippen LogP contribution in [0.2, 0.25) is 0 Å². The maximum absolute atomic E-state index is 8.98. The van der Waals surface area contributed by atoms with Gasteiger partial charge in [-0.15, -0.1) is 0 Å². The Balaban J connectivity index is 1.70. The minimum atomic E-state index is 0.309. The lowest BCUT2D eigenvalue weighted by Gasteiger charge is -2.25. The number of nitriles is 1. The van der Waals surface area contributed by atoms with Crippen molar-refractivity contribution in [2.75, 3.05) is 0 Å². The predicted molar refractivity (Wildman–Crippen MR) is 93.8 cm³/mol. The van der Waals surface area contributed by atoms with Gasteiger partial charge in [-0.1, -0.05) is 63.3 Å². The van der Waals surface area contributed by atoms with Crippen LogP contribution in [0.5, 0.6) is 0 Å². The summed E-state index contributed by atoms with van der Waals surface area (Å²) >= 11 is 0. The average Bonchev–Trinajstić information content (AvgIpc) is 2.59. The van der Waals surface area contributed by atoms with E-state index in [-0.39, 0.29) is 0 Å². The Morgan fingerprint density at radius 2 is 1.55 bits per heavy atom. The van der Waals surface area contributed by atoms with Crippen LogP contribution in [0.25, 0.3) is 0 Å². The maximum atomic E-state index is 8.98. The van der Waals surface area contributed by atoms with Crippen LogP contribution in [0.1, 0.15) is 88.2 Å². The van der Waals surface area contributed by atoms with Crippen LogP contribution in [0.3, 0.4) is 0 Å². The summed E-state index contributed by atoms with van der Waals surface area (Å²) in [5.74, 6) is 0.996. The molecule has 0 bridgehead atoms.